The van der Waals surface area contributed by atoms with Gasteiger partial charge in [0.1, 0.15) is 5.54 Å². The molecule has 7 heteroatoms. The van der Waals surface area contributed by atoms with Gasteiger partial charge in [-0.25, -0.2) is 4.98 Å². The molecule has 0 aliphatic carbocycles. The summed E-state index contributed by atoms with van der Waals surface area (Å²) in [5, 5.41) is 9.05. The van der Waals surface area contributed by atoms with Crippen molar-refractivity contribution in [1.82, 2.24) is 9.55 Å². The SMILES string of the molecule is OCC(OCc1cn(C(c2ccccc2)(c2ccccc2)c2ccccc2)cn1)C(F)(F)F. The third-order valence-electron chi connectivity index (χ3n) is 5.56. The Balaban J connectivity index is 1.83. The van der Waals surface area contributed by atoms with Crippen LogP contribution in [-0.4, -0.2) is 33.5 Å². The van der Waals surface area contributed by atoms with Gasteiger partial charge in [-0.05, 0) is 16.7 Å². The Labute approximate surface area is 189 Å². The molecule has 33 heavy (non-hydrogen) atoms. The van der Waals surface area contributed by atoms with Gasteiger partial charge >= 0.3 is 6.18 Å². The summed E-state index contributed by atoms with van der Waals surface area (Å²) in [4.78, 5) is 4.34. The first-order valence-electron chi connectivity index (χ1n) is 10.5. The number of rotatable bonds is 8. The molecule has 0 spiro atoms. The smallest absolute Gasteiger partial charge is 0.393 e. The van der Waals surface area contributed by atoms with Crippen LogP contribution in [0.25, 0.3) is 0 Å². The van der Waals surface area contributed by atoms with E-state index in [9.17, 15) is 13.2 Å². The van der Waals surface area contributed by atoms with Gasteiger partial charge in [-0.1, -0.05) is 91.0 Å². The molecule has 0 fully saturated rings. The summed E-state index contributed by atoms with van der Waals surface area (Å²) < 4.78 is 45.7. The minimum absolute atomic E-state index is 0.324. The molecule has 0 amide bonds. The van der Waals surface area contributed by atoms with E-state index in [4.69, 9.17) is 9.84 Å². The summed E-state index contributed by atoms with van der Waals surface area (Å²) in [6.07, 6.45) is -3.62. The van der Waals surface area contributed by atoms with Crippen molar-refractivity contribution < 1.29 is 23.0 Å². The van der Waals surface area contributed by atoms with Gasteiger partial charge in [-0.3, -0.25) is 0 Å². The number of alkyl halides is 3. The van der Waals surface area contributed by atoms with Crippen LogP contribution in [0.3, 0.4) is 0 Å². The third kappa shape index (κ3) is 4.55. The fourth-order valence-electron chi connectivity index (χ4n) is 4.04. The van der Waals surface area contributed by atoms with E-state index in [0.717, 1.165) is 16.7 Å². The number of nitrogens with zero attached hydrogens (tertiary/aromatic N) is 2. The lowest BCUT2D eigenvalue weighted by Crippen LogP contribution is -2.37. The number of halogens is 3. The molecule has 0 bridgehead atoms. The number of aliphatic hydroxyl groups excluding tert-OH is 1. The number of benzene rings is 3. The third-order valence-corrected chi connectivity index (χ3v) is 5.56. The minimum atomic E-state index is -4.65. The van der Waals surface area contributed by atoms with Crippen LogP contribution < -0.4 is 0 Å². The van der Waals surface area contributed by atoms with Crippen molar-refractivity contribution in [2.24, 2.45) is 0 Å². The van der Waals surface area contributed by atoms with Gasteiger partial charge in [-0.2, -0.15) is 13.2 Å². The highest BCUT2D eigenvalue weighted by atomic mass is 19.4. The van der Waals surface area contributed by atoms with Gasteiger partial charge in [0.05, 0.1) is 25.2 Å². The van der Waals surface area contributed by atoms with E-state index >= 15 is 0 Å². The predicted octanol–water partition coefficient (Wildman–Crippen LogP) is 5.16. The molecular formula is C26H23F3N2O2. The summed E-state index contributed by atoms with van der Waals surface area (Å²) in [5.74, 6) is 0. The molecule has 1 heterocycles. The molecule has 0 saturated heterocycles. The number of hydrogen-bond acceptors (Lipinski definition) is 3. The quantitative estimate of drug-likeness (QED) is 0.376. The van der Waals surface area contributed by atoms with Crippen LogP contribution >= 0.6 is 0 Å². The first-order valence-corrected chi connectivity index (χ1v) is 10.5. The van der Waals surface area contributed by atoms with E-state index in [1.165, 1.54) is 0 Å². The highest BCUT2D eigenvalue weighted by Crippen LogP contribution is 2.40. The number of imidazole rings is 1. The second kappa shape index (κ2) is 9.60. The Morgan fingerprint density at radius 3 is 1.64 bits per heavy atom. The second-order valence-corrected chi connectivity index (χ2v) is 7.60. The first kappa shape index (κ1) is 22.8. The van der Waals surface area contributed by atoms with Crippen molar-refractivity contribution in [1.29, 1.82) is 0 Å². The summed E-state index contributed by atoms with van der Waals surface area (Å²) in [5.41, 5.74) is 2.42. The maximum atomic E-state index is 13.0. The van der Waals surface area contributed by atoms with Crippen molar-refractivity contribution in [2.75, 3.05) is 6.61 Å². The standard InChI is InChI=1S/C26H23F3N2O2/c27-26(28,29)24(17-32)33-18-23-16-31(19-30-23)25(20-10-4-1-5-11-20,21-12-6-2-7-13-21)22-14-8-3-9-15-22/h1-16,19,24,32H,17-18H2. The topological polar surface area (TPSA) is 47.3 Å². The number of ether oxygens (including phenoxy) is 1. The zero-order valence-corrected chi connectivity index (χ0v) is 17.7. The fraction of sp³-hybridized carbons (Fsp3) is 0.192. The molecule has 4 nitrogen and oxygen atoms in total. The largest absolute Gasteiger partial charge is 0.416 e. The molecule has 0 aliphatic rings. The Kier molecular flexibility index (Phi) is 6.62. The first-order chi connectivity index (χ1) is 16.0. The van der Waals surface area contributed by atoms with Gasteiger partial charge in [0, 0.05) is 6.20 Å². The lowest BCUT2D eigenvalue weighted by atomic mass is 9.77. The lowest BCUT2D eigenvalue weighted by molar-refractivity contribution is -0.233. The van der Waals surface area contributed by atoms with Crippen molar-refractivity contribution in [2.45, 2.75) is 24.4 Å². The van der Waals surface area contributed by atoms with E-state index in [0.29, 0.717) is 5.69 Å². The Hall–Kier alpha value is -3.42. The zero-order chi connectivity index (χ0) is 23.3. The average molecular weight is 452 g/mol. The summed E-state index contributed by atoms with van der Waals surface area (Å²) in [7, 11) is 0. The molecule has 0 aliphatic heterocycles. The Bertz CT molecular complexity index is 1050. The van der Waals surface area contributed by atoms with Crippen LogP contribution in [0.5, 0.6) is 0 Å². The van der Waals surface area contributed by atoms with Gasteiger partial charge < -0.3 is 14.4 Å². The summed E-state index contributed by atoms with van der Waals surface area (Å²) in [6, 6.07) is 29.6. The van der Waals surface area contributed by atoms with Crippen LogP contribution in [0.2, 0.25) is 0 Å². The molecule has 4 aromatic rings. The highest BCUT2D eigenvalue weighted by Gasteiger charge is 2.41. The van der Waals surface area contributed by atoms with Crippen LogP contribution in [0.4, 0.5) is 13.2 Å². The van der Waals surface area contributed by atoms with Gasteiger partial charge in [0.15, 0.2) is 6.10 Å². The summed E-state index contributed by atoms with van der Waals surface area (Å²) in [6.45, 7) is -1.53. The molecular weight excluding hydrogens is 429 g/mol. The highest BCUT2D eigenvalue weighted by molar-refractivity contribution is 5.50. The Morgan fingerprint density at radius 2 is 1.24 bits per heavy atom. The van der Waals surface area contributed by atoms with Crippen molar-refractivity contribution >= 4 is 0 Å². The van der Waals surface area contributed by atoms with Crippen molar-refractivity contribution in [3.63, 3.8) is 0 Å². The normalized spacial score (nSPS) is 13.1. The minimum Gasteiger partial charge on any atom is -0.393 e. The average Bonchev–Trinajstić information content (AvgIpc) is 3.30. The van der Waals surface area contributed by atoms with E-state index < -0.39 is 24.4 Å². The van der Waals surface area contributed by atoms with Crippen LogP contribution in [-0.2, 0) is 16.9 Å². The summed E-state index contributed by atoms with van der Waals surface area (Å²) >= 11 is 0. The van der Waals surface area contributed by atoms with Gasteiger partial charge in [0.2, 0.25) is 0 Å². The van der Waals surface area contributed by atoms with Gasteiger partial charge in [0.25, 0.3) is 0 Å². The molecule has 0 radical (unpaired) electrons. The second-order valence-electron chi connectivity index (χ2n) is 7.60. The molecule has 170 valence electrons. The molecule has 1 atom stereocenters. The monoisotopic (exact) mass is 452 g/mol. The van der Waals surface area contributed by atoms with E-state index in [2.05, 4.69) is 4.98 Å². The van der Waals surface area contributed by atoms with E-state index in [1.807, 2.05) is 95.6 Å². The zero-order valence-electron chi connectivity index (χ0n) is 17.7. The number of aromatic nitrogens is 2. The van der Waals surface area contributed by atoms with Gasteiger partial charge in [-0.15, -0.1) is 0 Å². The number of hydrogen-bond donors (Lipinski definition) is 1. The van der Waals surface area contributed by atoms with E-state index in [-0.39, 0.29) is 6.61 Å². The van der Waals surface area contributed by atoms with E-state index in [1.54, 1.807) is 12.5 Å². The number of aliphatic hydroxyl groups is 1. The lowest BCUT2D eigenvalue weighted by Gasteiger charge is -2.37. The van der Waals surface area contributed by atoms with Crippen LogP contribution in [0, 0.1) is 0 Å². The Morgan fingerprint density at radius 1 is 0.788 bits per heavy atom. The van der Waals surface area contributed by atoms with Crippen LogP contribution in [0.1, 0.15) is 22.4 Å². The predicted molar refractivity (Wildman–Crippen MR) is 119 cm³/mol. The molecule has 1 unspecified atom stereocenters. The molecule has 4 rings (SSSR count). The fourth-order valence-corrected chi connectivity index (χ4v) is 4.04. The van der Waals surface area contributed by atoms with Crippen molar-refractivity contribution in [3.05, 3.63) is 126 Å². The van der Waals surface area contributed by atoms with Crippen molar-refractivity contribution in [3.8, 4) is 0 Å². The molecule has 3 aromatic carbocycles. The maximum Gasteiger partial charge on any atom is 0.416 e. The molecule has 1 N–H and O–H groups in total. The van der Waals surface area contributed by atoms with Crippen LogP contribution in [0.15, 0.2) is 104 Å². The maximum absolute atomic E-state index is 13.0. The molecule has 1 aromatic heterocycles. The molecule has 0 saturated carbocycles.